The lowest BCUT2D eigenvalue weighted by Gasteiger charge is -2.09. The Labute approximate surface area is 124 Å². The monoisotopic (exact) mass is 333 g/mol. The summed E-state index contributed by atoms with van der Waals surface area (Å²) in [4.78, 5) is 23.3. The van der Waals surface area contributed by atoms with Crippen LogP contribution in [0.3, 0.4) is 0 Å². The van der Waals surface area contributed by atoms with Gasteiger partial charge in [0.05, 0.1) is 11.3 Å². The Morgan fingerprint density at radius 2 is 1.85 bits per heavy atom. The van der Waals surface area contributed by atoms with Gasteiger partial charge in [0.2, 0.25) is 0 Å². The van der Waals surface area contributed by atoms with Crippen LogP contribution in [0.1, 0.15) is 26.3 Å². The highest BCUT2D eigenvalue weighted by Gasteiger charge is 2.13. The number of carboxylic acid groups (broad SMARTS) is 1. The van der Waals surface area contributed by atoms with Crippen LogP contribution in [0.15, 0.2) is 46.9 Å². The van der Waals surface area contributed by atoms with Crippen molar-refractivity contribution in [3.8, 4) is 0 Å². The van der Waals surface area contributed by atoms with Crippen LogP contribution in [0.4, 0.5) is 5.69 Å². The van der Waals surface area contributed by atoms with Crippen molar-refractivity contribution in [2.75, 3.05) is 5.32 Å². The SMILES string of the molecule is Cc1cc(Br)cc(C(=O)Nc2ccccc2C(=O)O)c1. The average Bonchev–Trinajstić information content (AvgIpc) is 2.37. The quantitative estimate of drug-likeness (QED) is 0.899. The molecule has 2 aromatic rings. The number of anilines is 1. The Balaban J connectivity index is 2.30. The molecular weight excluding hydrogens is 322 g/mol. The summed E-state index contributed by atoms with van der Waals surface area (Å²) in [6.45, 7) is 1.88. The third-order valence-electron chi connectivity index (χ3n) is 2.71. The molecule has 20 heavy (non-hydrogen) atoms. The van der Waals surface area contributed by atoms with Gasteiger partial charge in [-0.25, -0.2) is 4.79 Å². The zero-order valence-corrected chi connectivity index (χ0v) is 12.3. The van der Waals surface area contributed by atoms with Crippen LogP contribution in [0.5, 0.6) is 0 Å². The van der Waals surface area contributed by atoms with Crippen molar-refractivity contribution in [1.82, 2.24) is 0 Å². The highest BCUT2D eigenvalue weighted by molar-refractivity contribution is 9.10. The number of rotatable bonds is 3. The molecule has 102 valence electrons. The second-order valence-corrected chi connectivity index (χ2v) is 5.24. The van der Waals surface area contributed by atoms with Crippen molar-refractivity contribution in [3.05, 3.63) is 63.6 Å². The van der Waals surface area contributed by atoms with Gasteiger partial charge in [-0.2, -0.15) is 0 Å². The Hall–Kier alpha value is -2.14. The maximum atomic E-state index is 12.2. The number of halogens is 1. The molecule has 2 aromatic carbocycles. The van der Waals surface area contributed by atoms with E-state index in [4.69, 9.17) is 5.11 Å². The van der Waals surface area contributed by atoms with Gasteiger partial charge in [-0.05, 0) is 42.8 Å². The maximum Gasteiger partial charge on any atom is 0.337 e. The Kier molecular flexibility index (Phi) is 4.20. The molecule has 0 radical (unpaired) electrons. The van der Waals surface area contributed by atoms with Gasteiger partial charge >= 0.3 is 5.97 Å². The normalized spacial score (nSPS) is 10.1. The number of carboxylic acids is 1. The standard InChI is InChI=1S/C15H12BrNO3/c1-9-6-10(8-11(16)7-9)14(18)17-13-5-3-2-4-12(13)15(19)20/h2-8H,1H3,(H,17,18)(H,19,20). The minimum absolute atomic E-state index is 0.0626. The van der Waals surface area contributed by atoms with Crippen LogP contribution < -0.4 is 5.32 Å². The molecule has 5 heteroatoms. The first-order valence-corrected chi connectivity index (χ1v) is 6.67. The number of para-hydroxylation sites is 1. The molecule has 0 aliphatic heterocycles. The number of nitrogens with one attached hydrogen (secondary N) is 1. The van der Waals surface area contributed by atoms with Gasteiger partial charge in [-0.15, -0.1) is 0 Å². The van der Waals surface area contributed by atoms with Crippen LogP contribution in [-0.4, -0.2) is 17.0 Å². The predicted molar refractivity (Wildman–Crippen MR) is 80.2 cm³/mol. The molecule has 0 saturated heterocycles. The Morgan fingerprint density at radius 3 is 2.50 bits per heavy atom. The highest BCUT2D eigenvalue weighted by atomic mass is 79.9. The van der Waals surface area contributed by atoms with Crippen molar-refractivity contribution in [2.45, 2.75) is 6.92 Å². The van der Waals surface area contributed by atoms with E-state index in [2.05, 4.69) is 21.2 Å². The average molecular weight is 334 g/mol. The fraction of sp³-hybridized carbons (Fsp3) is 0.0667. The van der Waals surface area contributed by atoms with E-state index in [1.807, 2.05) is 13.0 Å². The van der Waals surface area contributed by atoms with E-state index in [1.165, 1.54) is 6.07 Å². The molecule has 0 aromatic heterocycles. The Bertz CT molecular complexity index is 662. The lowest BCUT2D eigenvalue weighted by Crippen LogP contribution is -2.15. The zero-order valence-electron chi connectivity index (χ0n) is 10.7. The maximum absolute atomic E-state index is 12.2. The third kappa shape index (κ3) is 3.24. The highest BCUT2D eigenvalue weighted by Crippen LogP contribution is 2.19. The number of hydrogen-bond acceptors (Lipinski definition) is 2. The number of amides is 1. The molecule has 0 aliphatic rings. The first-order chi connectivity index (χ1) is 9.47. The molecule has 0 unspecified atom stereocenters. The summed E-state index contributed by atoms with van der Waals surface area (Å²) in [6.07, 6.45) is 0. The van der Waals surface area contributed by atoms with E-state index in [1.54, 1.807) is 30.3 Å². The number of aryl methyl sites for hydroxylation is 1. The predicted octanol–water partition coefficient (Wildman–Crippen LogP) is 3.71. The van der Waals surface area contributed by atoms with Gasteiger partial charge in [0.15, 0.2) is 0 Å². The second kappa shape index (κ2) is 5.88. The van der Waals surface area contributed by atoms with Crippen LogP contribution in [0.2, 0.25) is 0 Å². The fourth-order valence-electron chi connectivity index (χ4n) is 1.84. The van der Waals surface area contributed by atoms with Crippen molar-refractivity contribution >= 4 is 33.5 Å². The van der Waals surface area contributed by atoms with Crippen LogP contribution >= 0.6 is 15.9 Å². The van der Waals surface area contributed by atoms with Crippen molar-refractivity contribution in [3.63, 3.8) is 0 Å². The van der Waals surface area contributed by atoms with Gasteiger partial charge in [0.1, 0.15) is 0 Å². The minimum Gasteiger partial charge on any atom is -0.478 e. The summed E-state index contributed by atoms with van der Waals surface area (Å²) in [5.41, 5.74) is 1.75. The molecule has 0 atom stereocenters. The second-order valence-electron chi connectivity index (χ2n) is 4.32. The van der Waals surface area contributed by atoms with Crippen molar-refractivity contribution < 1.29 is 14.7 Å². The molecular formula is C15H12BrNO3. The summed E-state index contributed by atoms with van der Waals surface area (Å²) in [5.74, 6) is -1.42. The summed E-state index contributed by atoms with van der Waals surface area (Å²) in [6, 6.07) is 11.6. The summed E-state index contributed by atoms with van der Waals surface area (Å²) in [5, 5.41) is 11.7. The topological polar surface area (TPSA) is 66.4 Å². The zero-order chi connectivity index (χ0) is 14.7. The van der Waals surface area contributed by atoms with E-state index >= 15 is 0 Å². The van der Waals surface area contributed by atoms with Crippen LogP contribution in [0, 0.1) is 6.92 Å². The lowest BCUT2D eigenvalue weighted by atomic mass is 10.1. The summed E-state index contributed by atoms with van der Waals surface area (Å²) in [7, 11) is 0. The van der Waals surface area contributed by atoms with Crippen LogP contribution in [-0.2, 0) is 0 Å². The summed E-state index contributed by atoms with van der Waals surface area (Å²) < 4.78 is 0.800. The van der Waals surface area contributed by atoms with E-state index < -0.39 is 5.97 Å². The first kappa shape index (κ1) is 14.3. The summed E-state index contributed by atoms with van der Waals surface area (Å²) >= 11 is 3.33. The third-order valence-corrected chi connectivity index (χ3v) is 3.17. The van der Waals surface area contributed by atoms with Crippen LogP contribution in [0.25, 0.3) is 0 Å². The molecule has 0 heterocycles. The first-order valence-electron chi connectivity index (χ1n) is 5.88. The molecule has 0 fully saturated rings. The molecule has 0 aliphatic carbocycles. The Morgan fingerprint density at radius 1 is 1.15 bits per heavy atom. The van der Waals surface area contributed by atoms with Gasteiger partial charge < -0.3 is 10.4 Å². The molecule has 2 rings (SSSR count). The number of carbonyl (C=O) groups excluding carboxylic acids is 1. The van der Waals surface area contributed by atoms with Crippen molar-refractivity contribution in [1.29, 1.82) is 0 Å². The molecule has 0 spiro atoms. The lowest BCUT2D eigenvalue weighted by molar-refractivity contribution is 0.0698. The molecule has 0 saturated carbocycles. The van der Waals surface area contributed by atoms with Gasteiger partial charge in [0, 0.05) is 10.0 Å². The van der Waals surface area contributed by atoms with Gasteiger partial charge in [-0.1, -0.05) is 28.1 Å². The van der Waals surface area contributed by atoms with Crippen molar-refractivity contribution in [2.24, 2.45) is 0 Å². The molecule has 4 nitrogen and oxygen atoms in total. The van der Waals surface area contributed by atoms with Gasteiger partial charge in [0.25, 0.3) is 5.91 Å². The van der Waals surface area contributed by atoms with Gasteiger partial charge in [-0.3, -0.25) is 4.79 Å². The number of aromatic carboxylic acids is 1. The molecule has 1 amide bonds. The number of hydrogen-bond donors (Lipinski definition) is 2. The van der Waals surface area contributed by atoms with E-state index in [0.29, 0.717) is 5.56 Å². The fourth-order valence-corrected chi connectivity index (χ4v) is 2.45. The molecule has 2 N–H and O–H groups in total. The van der Waals surface area contributed by atoms with E-state index in [-0.39, 0.29) is 17.2 Å². The number of benzene rings is 2. The largest absolute Gasteiger partial charge is 0.478 e. The van der Waals surface area contributed by atoms with E-state index in [9.17, 15) is 9.59 Å². The smallest absolute Gasteiger partial charge is 0.337 e. The molecule has 0 bridgehead atoms. The number of carbonyl (C=O) groups is 2. The van der Waals surface area contributed by atoms with E-state index in [0.717, 1.165) is 10.0 Å². The minimum atomic E-state index is -1.08.